The van der Waals surface area contributed by atoms with Gasteiger partial charge in [-0.05, 0) is 18.2 Å². The number of nitrogens with one attached hydrogen (secondary N) is 2. The van der Waals surface area contributed by atoms with Crippen molar-refractivity contribution in [3.8, 4) is 5.75 Å². The molecule has 0 fully saturated rings. The highest BCUT2D eigenvalue weighted by Crippen LogP contribution is 2.22. The molecule has 0 aliphatic rings. The average molecular weight is 296 g/mol. The lowest BCUT2D eigenvalue weighted by Gasteiger charge is -2.09. The molecule has 0 aliphatic carbocycles. The van der Waals surface area contributed by atoms with Gasteiger partial charge in [0.2, 0.25) is 0 Å². The Hall–Kier alpha value is -1.33. The number of imidazole rings is 1. The number of hydrogen-bond acceptors (Lipinski definition) is 3. The molecule has 0 spiro atoms. The van der Waals surface area contributed by atoms with Gasteiger partial charge < -0.3 is 15.0 Å². The molecule has 0 aliphatic heterocycles. The van der Waals surface area contributed by atoms with Gasteiger partial charge in [0.15, 0.2) is 0 Å². The van der Waals surface area contributed by atoms with Crippen molar-refractivity contribution >= 4 is 15.9 Å². The summed E-state index contributed by atoms with van der Waals surface area (Å²) in [6.07, 6.45) is 3.56. The van der Waals surface area contributed by atoms with E-state index in [0.29, 0.717) is 6.54 Å². The quantitative estimate of drug-likeness (QED) is 0.891. The zero-order valence-electron chi connectivity index (χ0n) is 9.53. The summed E-state index contributed by atoms with van der Waals surface area (Å²) < 4.78 is 6.35. The molecule has 5 heteroatoms. The number of nitrogens with zero attached hydrogens (tertiary/aromatic N) is 1. The van der Waals surface area contributed by atoms with E-state index in [1.807, 2.05) is 24.4 Å². The minimum Gasteiger partial charge on any atom is -0.496 e. The molecule has 2 aromatic rings. The number of hydrogen-bond donors (Lipinski definition) is 2. The summed E-state index contributed by atoms with van der Waals surface area (Å²) in [6.45, 7) is 1.45. The summed E-state index contributed by atoms with van der Waals surface area (Å²) in [6, 6.07) is 5.97. The number of ether oxygens (including phenoxy) is 1. The van der Waals surface area contributed by atoms with Gasteiger partial charge in [-0.3, -0.25) is 0 Å². The first-order valence-electron chi connectivity index (χ1n) is 5.31. The predicted molar refractivity (Wildman–Crippen MR) is 69.8 cm³/mol. The fourth-order valence-corrected chi connectivity index (χ4v) is 2.00. The monoisotopic (exact) mass is 295 g/mol. The van der Waals surface area contributed by atoms with Crippen LogP contribution in [0.5, 0.6) is 5.75 Å². The second kappa shape index (κ2) is 5.84. The summed E-state index contributed by atoms with van der Waals surface area (Å²) in [5.41, 5.74) is 1.12. The molecule has 0 amide bonds. The van der Waals surface area contributed by atoms with Crippen LogP contribution < -0.4 is 10.1 Å². The molecule has 0 radical (unpaired) electrons. The van der Waals surface area contributed by atoms with Gasteiger partial charge in [0.1, 0.15) is 11.6 Å². The number of halogens is 1. The van der Waals surface area contributed by atoms with E-state index in [0.717, 1.165) is 28.2 Å². The van der Waals surface area contributed by atoms with Crippen LogP contribution in [-0.4, -0.2) is 17.1 Å². The van der Waals surface area contributed by atoms with Gasteiger partial charge in [-0.25, -0.2) is 4.98 Å². The SMILES string of the molecule is COc1ccc(Br)cc1CNCc1ncc[nH]1. The molecule has 0 bridgehead atoms. The summed E-state index contributed by atoms with van der Waals surface area (Å²) in [5, 5.41) is 3.31. The molecule has 0 unspecified atom stereocenters. The van der Waals surface area contributed by atoms with Crippen molar-refractivity contribution < 1.29 is 4.74 Å². The lowest BCUT2D eigenvalue weighted by atomic mass is 10.2. The van der Waals surface area contributed by atoms with Crippen molar-refractivity contribution in [1.82, 2.24) is 15.3 Å². The first-order valence-corrected chi connectivity index (χ1v) is 6.10. The molecular formula is C12H14BrN3O. The van der Waals surface area contributed by atoms with E-state index in [-0.39, 0.29) is 0 Å². The second-order valence-electron chi connectivity index (χ2n) is 3.60. The van der Waals surface area contributed by atoms with Gasteiger partial charge >= 0.3 is 0 Å². The average Bonchev–Trinajstić information content (AvgIpc) is 2.82. The Balaban J connectivity index is 1.96. The second-order valence-corrected chi connectivity index (χ2v) is 4.51. The van der Waals surface area contributed by atoms with Crippen LogP contribution >= 0.6 is 15.9 Å². The first kappa shape index (κ1) is 12.1. The molecule has 0 saturated carbocycles. The predicted octanol–water partition coefficient (Wildman–Crippen LogP) is 2.47. The normalized spacial score (nSPS) is 10.5. The van der Waals surface area contributed by atoms with Crippen LogP contribution in [-0.2, 0) is 13.1 Å². The van der Waals surface area contributed by atoms with Crippen molar-refractivity contribution in [2.75, 3.05) is 7.11 Å². The fourth-order valence-electron chi connectivity index (χ4n) is 1.60. The van der Waals surface area contributed by atoms with Gasteiger partial charge in [0, 0.05) is 29.0 Å². The first-order chi connectivity index (χ1) is 8.29. The van der Waals surface area contributed by atoms with Crippen LogP contribution in [0.15, 0.2) is 35.1 Å². The lowest BCUT2D eigenvalue weighted by Crippen LogP contribution is -2.14. The Morgan fingerprint density at radius 2 is 2.29 bits per heavy atom. The third-order valence-corrected chi connectivity index (χ3v) is 2.90. The van der Waals surface area contributed by atoms with Crippen LogP contribution in [0.4, 0.5) is 0 Å². The summed E-state index contributed by atoms with van der Waals surface area (Å²) in [7, 11) is 1.68. The van der Waals surface area contributed by atoms with Crippen LogP contribution in [0.1, 0.15) is 11.4 Å². The minimum absolute atomic E-state index is 0.711. The van der Waals surface area contributed by atoms with E-state index in [9.17, 15) is 0 Å². The van der Waals surface area contributed by atoms with E-state index in [1.165, 1.54) is 0 Å². The van der Waals surface area contributed by atoms with Crippen LogP contribution in [0.2, 0.25) is 0 Å². The number of rotatable bonds is 5. The number of aromatic amines is 1. The smallest absolute Gasteiger partial charge is 0.123 e. The zero-order chi connectivity index (χ0) is 12.1. The molecule has 90 valence electrons. The largest absolute Gasteiger partial charge is 0.496 e. The molecule has 0 saturated heterocycles. The Morgan fingerprint density at radius 3 is 3.00 bits per heavy atom. The van der Waals surface area contributed by atoms with Crippen molar-refractivity contribution in [3.63, 3.8) is 0 Å². The van der Waals surface area contributed by atoms with Crippen molar-refractivity contribution in [2.45, 2.75) is 13.1 Å². The maximum absolute atomic E-state index is 5.30. The van der Waals surface area contributed by atoms with Crippen LogP contribution in [0.3, 0.4) is 0 Å². The van der Waals surface area contributed by atoms with E-state index in [4.69, 9.17) is 4.74 Å². The van der Waals surface area contributed by atoms with Crippen molar-refractivity contribution in [2.24, 2.45) is 0 Å². The topological polar surface area (TPSA) is 49.9 Å². The summed E-state index contributed by atoms with van der Waals surface area (Å²) in [5.74, 6) is 1.82. The van der Waals surface area contributed by atoms with E-state index >= 15 is 0 Å². The molecule has 1 aromatic heterocycles. The number of methoxy groups -OCH3 is 1. The van der Waals surface area contributed by atoms with Gasteiger partial charge in [0.25, 0.3) is 0 Å². The molecule has 0 atom stereocenters. The van der Waals surface area contributed by atoms with Gasteiger partial charge in [-0.2, -0.15) is 0 Å². The van der Waals surface area contributed by atoms with Crippen molar-refractivity contribution in [1.29, 1.82) is 0 Å². The van der Waals surface area contributed by atoms with Crippen LogP contribution in [0, 0.1) is 0 Å². The third kappa shape index (κ3) is 3.31. The third-order valence-electron chi connectivity index (χ3n) is 2.41. The molecule has 1 aromatic carbocycles. The zero-order valence-corrected chi connectivity index (χ0v) is 11.1. The molecule has 17 heavy (non-hydrogen) atoms. The molecule has 4 nitrogen and oxygen atoms in total. The number of H-pyrrole nitrogens is 1. The Bertz CT molecular complexity index is 471. The fraction of sp³-hybridized carbons (Fsp3) is 0.250. The highest BCUT2D eigenvalue weighted by Gasteiger charge is 2.03. The number of benzene rings is 1. The highest BCUT2D eigenvalue weighted by molar-refractivity contribution is 9.10. The molecular weight excluding hydrogens is 282 g/mol. The maximum atomic E-state index is 5.30. The summed E-state index contributed by atoms with van der Waals surface area (Å²) in [4.78, 5) is 7.20. The highest BCUT2D eigenvalue weighted by atomic mass is 79.9. The standard InChI is InChI=1S/C12H14BrN3O/c1-17-11-3-2-10(13)6-9(11)7-14-8-12-15-4-5-16-12/h2-6,14H,7-8H2,1H3,(H,15,16). The van der Waals surface area contributed by atoms with Crippen molar-refractivity contribution in [3.05, 3.63) is 46.5 Å². The Morgan fingerprint density at radius 1 is 1.41 bits per heavy atom. The maximum Gasteiger partial charge on any atom is 0.123 e. The van der Waals surface area contributed by atoms with E-state index in [1.54, 1.807) is 13.3 Å². The molecule has 1 heterocycles. The van der Waals surface area contributed by atoms with Gasteiger partial charge in [-0.15, -0.1) is 0 Å². The Labute approximate surface area is 109 Å². The van der Waals surface area contributed by atoms with Crippen LogP contribution in [0.25, 0.3) is 0 Å². The molecule has 2 N–H and O–H groups in total. The Kier molecular flexibility index (Phi) is 4.17. The lowest BCUT2D eigenvalue weighted by molar-refractivity contribution is 0.407. The minimum atomic E-state index is 0.711. The summed E-state index contributed by atoms with van der Waals surface area (Å²) >= 11 is 3.45. The number of aromatic nitrogens is 2. The molecule has 2 rings (SSSR count). The van der Waals surface area contributed by atoms with Gasteiger partial charge in [-0.1, -0.05) is 15.9 Å². The van der Waals surface area contributed by atoms with E-state index in [2.05, 4.69) is 31.2 Å². The van der Waals surface area contributed by atoms with E-state index < -0.39 is 0 Å². The van der Waals surface area contributed by atoms with Gasteiger partial charge in [0.05, 0.1) is 13.7 Å².